The van der Waals surface area contributed by atoms with Crippen molar-refractivity contribution < 1.29 is 66.7 Å². The van der Waals surface area contributed by atoms with Crippen LogP contribution in [0.1, 0.15) is 127 Å². The summed E-state index contributed by atoms with van der Waals surface area (Å²) in [5.74, 6) is -1.19. The molecule has 3 aromatic carbocycles. The quantitative estimate of drug-likeness (QED) is 0.0127. The first kappa shape index (κ1) is 62.3. The lowest BCUT2D eigenvalue weighted by atomic mass is 9.87. The largest absolute Gasteiger partial charge is 0.494 e. The smallest absolute Gasteiger partial charge is 0.330 e. The highest BCUT2D eigenvalue weighted by Crippen LogP contribution is 2.41. The first-order valence-corrected chi connectivity index (χ1v) is 31.0. The minimum Gasteiger partial charge on any atom is -0.494 e. The van der Waals surface area contributed by atoms with Crippen molar-refractivity contribution in [1.82, 2.24) is 9.97 Å². The molecule has 2 saturated carbocycles. The number of hydrogen-bond acceptors (Lipinski definition) is 18. The summed E-state index contributed by atoms with van der Waals surface area (Å²) in [4.78, 5) is 88.1. The monoisotopic (exact) mass is 1180 g/mol. The van der Waals surface area contributed by atoms with Crippen LogP contribution in [0.5, 0.6) is 23.0 Å². The van der Waals surface area contributed by atoms with Gasteiger partial charge in [0.1, 0.15) is 46.1 Å². The standard InChI is InChI=1S/C66H74N2O14S2/c1-3-57(69)77-41-11-7-5-9-39-75-49-27-17-45(18-28-49)21-37-59(71)79-51-31-23-47(24-32-51)65(73)81-53-35-36-54(62-61(53)67-63(55-15-13-43-83-55)64(68-62)56-16-14-44-84-56)82-66(74)48-25-33-52(34-26-48)80-60(72)38-22-46-19-29-50(30-20-46)76-40-10-6-8-12-42-78-58(70)4-2/h3-4,13-20,27-30,35-36,43-44,47-48,51-52H,1-2,5-12,21-26,31-34,37-42H2/t47-,48-,51-,52-. The number of esters is 6. The van der Waals surface area contributed by atoms with E-state index >= 15 is 0 Å². The van der Waals surface area contributed by atoms with Gasteiger partial charge in [-0.05, 0) is 186 Å². The Hall–Kier alpha value is -7.70. The molecule has 0 spiro atoms. The molecule has 0 aliphatic heterocycles. The van der Waals surface area contributed by atoms with E-state index in [1.165, 1.54) is 22.7 Å². The third-order valence-corrected chi connectivity index (χ3v) is 16.6. The Bertz CT molecular complexity index is 2900. The molecule has 2 aliphatic carbocycles. The van der Waals surface area contributed by atoms with E-state index in [1.54, 1.807) is 12.1 Å². The zero-order valence-corrected chi connectivity index (χ0v) is 49.1. The zero-order chi connectivity index (χ0) is 58.9. The van der Waals surface area contributed by atoms with Crippen molar-refractivity contribution in [2.45, 2.75) is 141 Å². The van der Waals surface area contributed by atoms with Crippen LogP contribution in [0.2, 0.25) is 0 Å². The van der Waals surface area contributed by atoms with Crippen molar-refractivity contribution in [3.8, 4) is 44.1 Å². The summed E-state index contributed by atoms with van der Waals surface area (Å²) in [6, 6.07) is 26.4. The van der Waals surface area contributed by atoms with Gasteiger partial charge in [-0.25, -0.2) is 19.6 Å². The van der Waals surface area contributed by atoms with E-state index in [1.807, 2.05) is 83.6 Å². The summed E-state index contributed by atoms with van der Waals surface area (Å²) in [7, 11) is 0. The molecule has 0 bridgehead atoms. The average Bonchev–Trinajstić information content (AvgIpc) is 4.35. The number of aromatic nitrogens is 2. The number of nitrogens with zero attached hydrogens (tertiary/aromatic N) is 2. The molecular formula is C66H74N2O14S2. The van der Waals surface area contributed by atoms with Crippen molar-refractivity contribution in [1.29, 1.82) is 0 Å². The fraction of sp³-hybridized carbons (Fsp3) is 0.424. The molecule has 444 valence electrons. The van der Waals surface area contributed by atoms with E-state index in [2.05, 4.69) is 13.2 Å². The van der Waals surface area contributed by atoms with Crippen molar-refractivity contribution in [3.63, 3.8) is 0 Å². The fourth-order valence-electron chi connectivity index (χ4n) is 10.1. The molecule has 2 aliphatic rings. The first-order valence-electron chi connectivity index (χ1n) is 29.3. The maximum Gasteiger partial charge on any atom is 0.330 e. The summed E-state index contributed by atoms with van der Waals surface area (Å²) in [6.45, 7) is 8.73. The molecule has 2 fully saturated rings. The number of benzene rings is 3. The molecule has 84 heavy (non-hydrogen) atoms. The minimum atomic E-state index is -0.437. The van der Waals surface area contributed by atoms with E-state index in [9.17, 15) is 28.8 Å². The van der Waals surface area contributed by atoms with Crippen LogP contribution in [-0.4, -0.2) is 84.4 Å². The normalized spacial score (nSPS) is 16.6. The molecule has 0 radical (unpaired) electrons. The number of thiophene rings is 2. The minimum absolute atomic E-state index is 0.193. The van der Waals surface area contributed by atoms with E-state index < -0.39 is 35.7 Å². The van der Waals surface area contributed by atoms with Gasteiger partial charge in [-0.1, -0.05) is 49.6 Å². The Morgan fingerprint density at radius 1 is 0.476 bits per heavy atom. The van der Waals surface area contributed by atoms with Gasteiger partial charge < -0.3 is 37.9 Å². The number of rotatable bonds is 32. The third kappa shape index (κ3) is 19.4. The van der Waals surface area contributed by atoms with E-state index in [0.29, 0.717) is 102 Å². The third-order valence-electron chi connectivity index (χ3n) is 14.8. The molecule has 16 nitrogen and oxygen atoms in total. The topological polar surface area (TPSA) is 202 Å². The number of carbonyl (C=O) groups is 6. The summed E-state index contributed by atoms with van der Waals surface area (Å²) in [6.07, 6.45) is 14.4. The van der Waals surface area contributed by atoms with Gasteiger partial charge in [-0.2, -0.15) is 0 Å². The lowest BCUT2D eigenvalue weighted by Crippen LogP contribution is -2.30. The van der Waals surface area contributed by atoms with Gasteiger partial charge in [0.15, 0.2) is 11.5 Å². The molecule has 18 heteroatoms. The first-order chi connectivity index (χ1) is 41.0. The van der Waals surface area contributed by atoms with Gasteiger partial charge in [-0.15, -0.1) is 22.7 Å². The Kier molecular flexibility index (Phi) is 24.5. The molecule has 3 aromatic heterocycles. The number of aryl methyl sites for hydroxylation is 2. The van der Waals surface area contributed by atoms with Gasteiger partial charge >= 0.3 is 35.8 Å². The summed E-state index contributed by atoms with van der Waals surface area (Å²) in [5, 5.41) is 3.92. The molecule has 6 aromatic rings. The average molecular weight is 1180 g/mol. The lowest BCUT2D eigenvalue weighted by molar-refractivity contribution is -0.153. The number of unbranched alkanes of at least 4 members (excludes halogenated alkanes) is 6. The second-order valence-corrected chi connectivity index (χ2v) is 22.9. The molecule has 8 rings (SSSR count). The van der Waals surface area contributed by atoms with Crippen LogP contribution in [-0.2, 0) is 60.6 Å². The van der Waals surface area contributed by atoms with Crippen molar-refractivity contribution >= 4 is 69.5 Å². The second kappa shape index (κ2) is 33.0. The number of ether oxygens (including phenoxy) is 8. The second-order valence-electron chi connectivity index (χ2n) is 21.0. The van der Waals surface area contributed by atoms with Crippen LogP contribution < -0.4 is 18.9 Å². The molecular weight excluding hydrogens is 1110 g/mol. The Labute approximate surface area is 498 Å². The van der Waals surface area contributed by atoms with Gasteiger partial charge in [0.2, 0.25) is 0 Å². The molecule has 0 amide bonds. The van der Waals surface area contributed by atoms with Gasteiger partial charge in [0.25, 0.3) is 0 Å². The van der Waals surface area contributed by atoms with Crippen LogP contribution in [0.4, 0.5) is 0 Å². The summed E-state index contributed by atoms with van der Waals surface area (Å²) >= 11 is 3.02. The Morgan fingerprint density at radius 3 is 1.21 bits per heavy atom. The number of carbonyl (C=O) groups excluding carboxylic acids is 6. The highest BCUT2D eigenvalue weighted by molar-refractivity contribution is 7.14. The number of fused-ring (bicyclic) bond motifs is 1. The highest BCUT2D eigenvalue weighted by Gasteiger charge is 2.33. The Morgan fingerprint density at radius 2 is 0.857 bits per heavy atom. The molecule has 0 atom stereocenters. The van der Waals surface area contributed by atoms with E-state index in [-0.39, 0.29) is 59.5 Å². The van der Waals surface area contributed by atoms with Gasteiger partial charge in [0, 0.05) is 25.0 Å². The molecule has 0 saturated heterocycles. The fourth-order valence-corrected chi connectivity index (χ4v) is 11.5. The predicted molar refractivity (Wildman–Crippen MR) is 321 cm³/mol. The molecule has 0 N–H and O–H groups in total. The Balaban J connectivity index is 0.790. The van der Waals surface area contributed by atoms with E-state index in [0.717, 1.165) is 95.9 Å². The van der Waals surface area contributed by atoms with Gasteiger partial charge in [0.05, 0.1) is 48.0 Å². The number of hydrogen-bond donors (Lipinski definition) is 0. The van der Waals surface area contributed by atoms with Crippen molar-refractivity contribution in [2.75, 3.05) is 26.4 Å². The molecule has 0 unspecified atom stereocenters. The van der Waals surface area contributed by atoms with Crippen LogP contribution in [0.3, 0.4) is 0 Å². The van der Waals surface area contributed by atoms with Crippen molar-refractivity contribution in [3.05, 3.63) is 132 Å². The SMILES string of the molecule is C=CC(=O)OCCCCCCOc1ccc(CCC(=O)O[C@H]2CC[C@H](C(=O)Oc3ccc(OC(=O)[C@H]4CC[C@H](OC(=O)CCc5ccc(OCCCCCCOC(=O)C=C)cc5)CC4)c4nc(-c5cccs5)c(-c5cccs5)nc34)CC2)cc1. The summed E-state index contributed by atoms with van der Waals surface area (Å²) in [5.41, 5.74) is 3.76. The maximum absolute atomic E-state index is 14.0. The lowest BCUT2D eigenvalue weighted by Gasteiger charge is -2.27. The van der Waals surface area contributed by atoms with Crippen molar-refractivity contribution in [2.24, 2.45) is 11.8 Å². The molecule has 3 heterocycles. The van der Waals surface area contributed by atoms with E-state index in [4.69, 9.17) is 47.9 Å². The van der Waals surface area contributed by atoms with Crippen LogP contribution in [0.15, 0.2) is 121 Å². The zero-order valence-electron chi connectivity index (χ0n) is 47.5. The van der Waals surface area contributed by atoms with Crippen LogP contribution in [0, 0.1) is 11.8 Å². The van der Waals surface area contributed by atoms with Crippen LogP contribution in [0.25, 0.3) is 32.2 Å². The van der Waals surface area contributed by atoms with Gasteiger partial charge in [-0.3, -0.25) is 19.2 Å². The summed E-state index contributed by atoms with van der Waals surface area (Å²) < 4.78 is 45.8. The highest BCUT2D eigenvalue weighted by atomic mass is 32.1. The van der Waals surface area contributed by atoms with Crippen LogP contribution >= 0.6 is 22.7 Å². The maximum atomic E-state index is 14.0. The predicted octanol–water partition coefficient (Wildman–Crippen LogP) is 13.7.